The van der Waals surface area contributed by atoms with Gasteiger partial charge in [-0.1, -0.05) is 32.0 Å². The Bertz CT molecular complexity index is 603. The van der Waals surface area contributed by atoms with Gasteiger partial charge in [-0.2, -0.15) is 4.39 Å². The van der Waals surface area contributed by atoms with E-state index in [1.807, 2.05) is 32.0 Å². The number of amides is 1. The van der Waals surface area contributed by atoms with Gasteiger partial charge in [-0.05, 0) is 36.1 Å². The summed E-state index contributed by atoms with van der Waals surface area (Å²) in [6.07, 6.45) is 2.93. The molecule has 3 nitrogen and oxygen atoms in total. The third-order valence-corrected chi connectivity index (χ3v) is 3.24. The highest BCUT2D eigenvalue weighted by atomic mass is 19.1. The number of nitrogens with zero attached hydrogens (tertiary/aromatic N) is 1. The minimum Gasteiger partial charge on any atom is -0.321 e. The van der Waals surface area contributed by atoms with Crippen LogP contribution in [-0.2, 0) is 12.8 Å². The largest absolute Gasteiger partial charge is 0.321 e. The first kappa shape index (κ1) is 14.2. The lowest BCUT2D eigenvalue weighted by atomic mass is 10.0. The maximum atomic E-state index is 13.5. The van der Waals surface area contributed by atoms with Gasteiger partial charge in [-0.25, -0.2) is 4.98 Å². The quantitative estimate of drug-likeness (QED) is 0.864. The fourth-order valence-electron chi connectivity index (χ4n) is 2.14. The second-order valence-corrected chi connectivity index (χ2v) is 4.45. The molecule has 0 atom stereocenters. The van der Waals surface area contributed by atoms with E-state index in [0.29, 0.717) is 0 Å². The molecule has 2 rings (SSSR count). The lowest BCUT2D eigenvalue weighted by molar-refractivity contribution is 0.102. The topological polar surface area (TPSA) is 42.0 Å². The second kappa shape index (κ2) is 6.28. The van der Waals surface area contributed by atoms with Gasteiger partial charge in [0, 0.05) is 11.9 Å². The molecule has 2 aromatic rings. The Kier molecular flexibility index (Phi) is 4.45. The van der Waals surface area contributed by atoms with Crippen LogP contribution in [0.15, 0.2) is 36.5 Å². The van der Waals surface area contributed by atoms with Crippen molar-refractivity contribution >= 4 is 11.6 Å². The summed E-state index contributed by atoms with van der Waals surface area (Å²) in [4.78, 5) is 15.7. The second-order valence-electron chi connectivity index (χ2n) is 4.45. The predicted molar refractivity (Wildman–Crippen MR) is 77.3 cm³/mol. The average Bonchev–Trinajstić information content (AvgIpc) is 2.47. The Morgan fingerprint density at radius 3 is 2.35 bits per heavy atom. The monoisotopic (exact) mass is 272 g/mol. The van der Waals surface area contributed by atoms with E-state index in [9.17, 15) is 9.18 Å². The molecule has 0 saturated carbocycles. The van der Waals surface area contributed by atoms with E-state index in [4.69, 9.17) is 0 Å². The summed E-state index contributed by atoms with van der Waals surface area (Å²) in [6.45, 7) is 4.05. The zero-order chi connectivity index (χ0) is 14.5. The molecule has 1 N–H and O–H groups in total. The van der Waals surface area contributed by atoms with E-state index < -0.39 is 11.9 Å². The zero-order valence-corrected chi connectivity index (χ0v) is 11.6. The number of hydrogen-bond donors (Lipinski definition) is 1. The first-order chi connectivity index (χ1) is 9.67. The van der Waals surface area contributed by atoms with Crippen LogP contribution >= 0.6 is 0 Å². The van der Waals surface area contributed by atoms with E-state index in [2.05, 4.69) is 10.3 Å². The molecule has 104 valence electrons. The minimum atomic E-state index is -0.753. The van der Waals surface area contributed by atoms with Crippen molar-refractivity contribution in [2.24, 2.45) is 0 Å². The highest BCUT2D eigenvalue weighted by Crippen LogP contribution is 2.23. The number of para-hydroxylation sites is 1. The summed E-state index contributed by atoms with van der Waals surface area (Å²) in [5.41, 5.74) is 2.83. The van der Waals surface area contributed by atoms with Crippen molar-refractivity contribution in [1.29, 1.82) is 0 Å². The average molecular weight is 272 g/mol. The third-order valence-electron chi connectivity index (χ3n) is 3.24. The van der Waals surface area contributed by atoms with Crippen molar-refractivity contribution in [2.75, 3.05) is 5.32 Å². The van der Waals surface area contributed by atoms with Crippen LogP contribution in [0.3, 0.4) is 0 Å². The Morgan fingerprint density at radius 1 is 1.15 bits per heavy atom. The van der Waals surface area contributed by atoms with Crippen LogP contribution in [0.2, 0.25) is 0 Å². The molecule has 1 aromatic carbocycles. The van der Waals surface area contributed by atoms with Crippen LogP contribution in [0, 0.1) is 5.95 Å². The molecular weight excluding hydrogens is 255 g/mol. The number of pyridine rings is 1. The Labute approximate surface area is 117 Å². The number of carbonyl (C=O) groups is 1. The van der Waals surface area contributed by atoms with Crippen molar-refractivity contribution in [2.45, 2.75) is 26.7 Å². The number of anilines is 1. The standard InChI is InChI=1S/C16H17FN2O/c1-3-11-7-5-8-12(4-2)14(11)19-16(20)13-9-6-10-18-15(13)17/h5-10H,3-4H2,1-2H3,(H,19,20). The van der Waals surface area contributed by atoms with Crippen LogP contribution in [-0.4, -0.2) is 10.9 Å². The molecule has 0 spiro atoms. The normalized spacial score (nSPS) is 10.3. The molecule has 0 aliphatic heterocycles. The number of benzene rings is 1. The van der Waals surface area contributed by atoms with Gasteiger partial charge in [0.15, 0.2) is 0 Å². The number of hydrogen-bond acceptors (Lipinski definition) is 2. The van der Waals surface area contributed by atoms with Gasteiger partial charge in [0.2, 0.25) is 5.95 Å². The lowest BCUT2D eigenvalue weighted by Gasteiger charge is -2.14. The van der Waals surface area contributed by atoms with Crippen molar-refractivity contribution < 1.29 is 9.18 Å². The summed E-state index contributed by atoms with van der Waals surface area (Å²) in [5, 5.41) is 2.82. The summed E-state index contributed by atoms with van der Waals surface area (Å²) >= 11 is 0. The van der Waals surface area contributed by atoms with E-state index in [1.165, 1.54) is 12.3 Å². The van der Waals surface area contributed by atoms with E-state index in [0.717, 1.165) is 29.7 Å². The van der Waals surface area contributed by atoms with Crippen LogP contribution in [0.4, 0.5) is 10.1 Å². The molecule has 4 heteroatoms. The van der Waals surface area contributed by atoms with Gasteiger partial charge < -0.3 is 5.32 Å². The van der Waals surface area contributed by atoms with Crippen LogP contribution in [0.5, 0.6) is 0 Å². The van der Waals surface area contributed by atoms with Crippen molar-refractivity contribution in [1.82, 2.24) is 4.98 Å². The molecular formula is C16H17FN2O. The maximum Gasteiger partial charge on any atom is 0.260 e. The summed E-state index contributed by atoms with van der Waals surface area (Å²) in [7, 11) is 0. The molecule has 0 radical (unpaired) electrons. The Morgan fingerprint density at radius 2 is 1.80 bits per heavy atom. The highest BCUT2D eigenvalue weighted by Gasteiger charge is 2.15. The fourth-order valence-corrected chi connectivity index (χ4v) is 2.14. The number of aryl methyl sites for hydroxylation is 2. The summed E-state index contributed by atoms with van der Waals surface area (Å²) < 4.78 is 13.5. The van der Waals surface area contributed by atoms with Gasteiger partial charge in [-0.15, -0.1) is 0 Å². The number of halogens is 1. The molecule has 0 aliphatic carbocycles. The van der Waals surface area contributed by atoms with Crippen molar-refractivity contribution in [3.05, 3.63) is 59.2 Å². The number of nitrogens with one attached hydrogen (secondary N) is 1. The fraction of sp³-hybridized carbons (Fsp3) is 0.250. The summed E-state index contributed by atoms with van der Waals surface area (Å²) in [6, 6.07) is 8.88. The van der Waals surface area contributed by atoms with Crippen molar-refractivity contribution in [3.8, 4) is 0 Å². The molecule has 0 unspecified atom stereocenters. The number of aromatic nitrogens is 1. The smallest absolute Gasteiger partial charge is 0.260 e. The van der Waals surface area contributed by atoms with E-state index >= 15 is 0 Å². The van der Waals surface area contributed by atoms with Gasteiger partial charge in [-0.3, -0.25) is 4.79 Å². The van der Waals surface area contributed by atoms with E-state index in [1.54, 1.807) is 6.07 Å². The van der Waals surface area contributed by atoms with Crippen LogP contribution < -0.4 is 5.32 Å². The number of rotatable bonds is 4. The molecule has 0 saturated heterocycles. The van der Waals surface area contributed by atoms with Crippen LogP contribution in [0.25, 0.3) is 0 Å². The van der Waals surface area contributed by atoms with Gasteiger partial charge in [0.05, 0.1) is 5.56 Å². The molecule has 0 bridgehead atoms. The molecule has 0 aliphatic rings. The van der Waals surface area contributed by atoms with Gasteiger partial charge in [0.25, 0.3) is 5.91 Å². The van der Waals surface area contributed by atoms with Crippen molar-refractivity contribution in [3.63, 3.8) is 0 Å². The molecule has 1 amide bonds. The maximum absolute atomic E-state index is 13.5. The van der Waals surface area contributed by atoms with Gasteiger partial charge >= 0.3 is 0 Å². The third kappa shape index (κ3) is 2.85. The first-order valence-electron chi connectivity index (χ1n) is 6.70. The molecule has 0 fully saturated rings. The molecule has 1 heterocycles. The van der Waals surface area contributed by atoms with Crippen LogP contribution in [0.1, 0.15) is 35.3 Å². The Balaban J connectivity index is 2.35. The summed E-state index contributed by atoms with van der Waals surface area (Å²) in [5.74, 6) is -1.22. The highest BCUT2D eigenvalue weighted by molar-refractivity contribution is 6.05. The number of carbonyl (C=O) groups excluding carboxylic acids is 1. The molecule has 1 aromatic heterocycles. The lowest BCUT2D eigenvalue weighted by Crippen LogP contribution is -2.16. The first-order valence-corrected chi connectivity index (χ1v) is 6.70. The predicted octanol–water partition coefficient (Wildman–Crippen LogP) is 3.60. The SMILES string of the molecule is CCc1cccc(CC)c1NC(=O)c1cccnc1F. The Hall–Kier alpha value is -2.23. The van der Waals surface area contributed by atoms with E-state index in [-0.39, 0.29) is 5.56 Å². The van der Waals surface area contributed by atoms with Gasteiger partial charge in [0.1, 0.15) is 0 Å². The zero-order valence-electron chi connectivity index (χ0n) is 11.6. The molecule has 20 heavy (non-hydrogen) atoms. The minimum absolute atomic E-state index is 0.0412.